The van der Waals surface area contributed by atoms with Gasteiger partial charge in [-0.2, -0.15) is 0 Å². The Bertz CT molecular complexity index is 473. The molecule has 0 saturated carbocycles. The maximum atomic E-state index is 13.4. The van der Waals surface area contributed by atoms with Crippen molar-refractivity contribution in [3.8, 4) is 0 Å². The summed E-state index contributed by atoms with van der Waals surface area (Å²) in [5.74, 6) is -3.49. The number of anilines is 1. The van der Waals surface area contributed by atoms with E-state index < -0.39 is 34.7 Å². The van der Waals surface area contributed by atoms with Crippen LogP contribution in [0.3, 0.4) is 0 Å². The molecule has 4 nitrogen and oxygen atoms in total. The highest BCUT2D eigenvalue weighted by atomic mass is 19.1. The second kappa shape index (κ2) is 6.60. The predicted molar refractivity (Wildman–Crippen MR) is 68.9 cm³/mol. The summed E-state index contributed by atoms with van der Waals surface area (Å²) in [6.45, 7) is 3.16. The van der Waals surface area contributed by atoms with Gasteiger partial charge in [-0.25, -0.2) is 18.0 Å². The van der Waals surface area contributed by atoms with Crippen molar-refractivity contribution >= 4 is 11.7 Å². The highest BCUT2D eigenvalue weighted by molar-refractivity contribution is 5.90. The molecule has 0 aliphatic heterocycles. The number of rotatable bonds is 5. The largest absolute Gasteiger partial charge is 0.394 e. The van der Waals surface area contributed by atoms with Crippen molar-refractivity contribution in [1.29, 1.82) is 0 Å². The molecule has 0 radical (unpaired) electrons. The van der Waals surface area contributed by atoms with Crippen molar-refractivity contribution in [3.63, 3.8) is 0 Å². The summed E-state index contributed by atoms with van der Waals surface area (Å²) in [5.41, 5.74) is -1.63. The molecule has 1 aromatic rings. The molecular formula is C13H17F3N2O2. The Labute approximate surface area is 115 Å². The fourth-order valence-corrected chi connectivity index (χ4v) is 1.81. The molecule has 0 saturated heterocycles. The van der Waals surface area contributed by atoms with Gasteiger partial charge in [-0.15, -0.1) is 0 Å². The Morgan fingerprint density at radius 2 is 1.85 bits per heavy atom. The molecule has 0 fully saturated rings. The molecule has 0 aliphatic carbocycles. The van der Waals surface area contributed by atoms with Crippen LogP contribution in [0.4, 0.5) is 23.7 Å². The molecule has 1 aromatic carbocycles. The normalized spacial score (nSPS) is 13.7. The lowest BCUT2D eigenvalue weighted by Crippen LogP contribution is -2.50. The third-order valence-electron chi connectivity index (χ3n) is 2.81. The number of aliphatic hydroxyl groups is 1. The van der Waals surface area contributed by atoms with E-state index in [9.17, 15) is 23.1 Å². The molecule has 112 valence electrons. The summed E-state index contributed by atoms with van der Waals surface area (Å²) in [5, 5.41) is 13.6. The van der Waals surface area contributed by atoms with Gasteiger partial charge >= 0.3 is 6.03 Å². The number of aliphatic hydroxyl groups excluding tert-OH is 1. The van der Waals surface area contributed by atoms with Gasteiger partial charge in [-0.05, 0) is 13.3 Å². The number of urea groups is 1. The standard InChI is InChI=1S/C13H17F3N2O2/c1-3-4-13(2,7-19)18-12(20)17-11-9(15)5-8(14)6-10(11)16/h5-6,19H,3-4,7H2,1-2H3,(H2,17,18,20). The van der Waals surface area contributed by atoms with E-state index in [2.05, 4.69) is 5.32 Å². The minimum Gasteiger partial charge on any atom is -0.394 e. The van der Waals surface area contributed by atoms with E-state index in [1.54, 1.807) is 6.92 Å². The van der Waals surface area contributed by atoms with Gasteiger partial charge in [-0.1, -0.05) is 13.3 Å². The van der Waals surface area contributed by atoms with Gasteiger partial charge in [-0.3, -0.25) is 0 Å². The van der Waals surface area contributed by atoms with Crippen molar-refractivity contribution in [2.24, 2.45) is 0 Å². The minimum absolute atomic E-state index is 0.317. The first-order valence-electron chi connectivity index (χ1n) is 6.16. The third-order valence-corrected chi connectivity index (χ3v) is 2.81. The molecule has 1 atom stereocenters. The lowest BCUT2D eigenvalue weighted by Gasteiger charge is -2.28. The number of carbonyl (C=O) groups is 1. The van der Waals surface area contributed by atoms with E-state index in [4.69, 9.17) is 0 Å². The van der Waals surface area contributed by atoms with Gasteiger partial charge in [0.25, 0.3) is 0 Å². The number of amides is 2. The molecule has 0 spiro atoms. The van der Waals surface area contributed by atoms with Crippen LogP contribution >= 0.6 is 0 Å². The Hall–Kier alpha value is -1.76. The summed E-state index contributed by atoms with van der Waals surface area (Å²) in [4.78, 5) is 11.7. The highest BCUT2D eigenvalue weighted by Crippen LogP contribution is 2.20. The van der Waals surface area contributed by atoms with Crippen molar-refractivity contribution in [1.82, 2.24) is 5.32 Å². The van der Waals surface area contributed by atoms with Crippen LogP contribution in [0.2, 0.25) is 0 Å². The van der Waals surface area contributed by atoms with Gasteiger partial charge in [0.15, 0.2) is 11.6 Å². The first-order valence-corrected chi connectivity index (χ1v) is 6.16. The van der Waals surface area contributed by atoms with E-state index in [1.165, 1.54) is 0 Å². The molecule has 20 heavy (non-hydrogen) atoms. The van der Waals surface area contributed by atoms with E-state index >= 15 is 0 Å². The number of halogens is 3. The third kappa shape index (κ3) is 4.12. The quantitative estimate of drug-likeness (QED) is 0.781. The Morgan fingerprint density at radius 3 is 2.30 bits per heavy atom. The lowest BCUT2D eigenvalue weighted by molar-refractivity contribution is 0.167. The zero-order chi connectivity index (χ0) is 15.3. The molecular weight excluding hydrogens is 273 g/mol. The van der Waals surface area contributed by atoms with Crippen molar-refractivity contribution < 1.29 is 23.1 Å². The monoisotopic (exact) mass is 290 g/mol. The van der Waals surface area contributed by atoms with Gasteiger partial charge < -0.3 is 15.7 Å². The van der Waals surface area contributed by atoms with Gasteiger partial charge in [0, 0.05) is 12.1 Å². The Morgan fingerprint density at radius 1 is 1.30 bits per heavy atom. The minimum atomic E-state index is -1.21. The smallest absolute Gasteiger partial charge is 0.319 e. The molecule has 7 heteroatoms. The van der Waals surface area contributed by atoms with Crippen LogP contribution in [-0.4, -0.2) is 23.3 Å². The van der Waals surface area contributed by atoms with E-state index in [-0.39, 0.29) is 6.61 Å². The molecule has 3 N–H and O–H groups in total. The average molecular weight is 290 g/mol. The number of hydrogen-bond donors (Lipinski definition) is 3. The SMILES string of the molecule is CCCC(C)(CO)NC(=O)Nc1c(F)cc(F)cc1F. The first kappa shape index (κ1) is 16.3. The van der Waals surface area contributed by atoms with Crippen LogP contribution < -0.4 is 10.6 Å². The van der Waals surface area contributed by atoms with Crippen LogP contribution in [-0.2, 0) is 0 Å². The van der Waals surface area contributed by atoms with Crippen LogP contribution in [0, 0.1) is 17.5 Å². The Balaban J connectivity index is 2.81. The molecule has 0 aliphatic rings. The highest BCUT2D eigenvalue weighted by Gasteiger charge is 2.25. The maximum Gasteiger partial charge on any atom is 0.319 e. The summed E-state index contributed by atoms with van der Waals surface area (Å²) in [7, 11) is 0. The van der Waals surface area contributed by atoms with Crippen molar-refractivity contribution in [2.75, 3.05) is 11.9 Å². The fourth-order valence-electron chi connectivity index (χ4n) is 1.81. The lowest BCUT2D eigenvalue weighted by atomic mass is 9.98. The number of benzene rings is 1. The van der Waals surface area contributed by atoms with Crippen LogP contribution in [0.1, 0.15) is 26.7 Å². The molecule has 0 bridgehead atoms. The number of nitrogens with one attached hydrogen (secondary N) is 2. The molecule has 1 rings (SSSR count). The molecule has 1 unspecified atom stereocenters. The van der Waals surface area contributed by atoms with Gasteiger partial charge in [0.05, 0.1) is 12.1 Å². The van der Waals surface area contributed by atoms with Crippen LogP contribution in [0.5, 0.6) is 0 Å². The van der Waals surface area contributed by atoms with E-state index in [0.717, 1.165) is 0 Å². The topological polar surface area (TPSA) is 61.4 Å². The summed E-state index contributed by atoms with van der Waals surface area (Å²) in [6, 6.07) is 0.0609. The van der Waals surface area contributed by atoms with Gasteiger partial charge in [0.1, 0.15) is 11.5 Å². The Kier molecular flexibility index (Phi) is 5.38. The number of carbonyl (C=O) groups excluding carboxylic acids is 1. The first-order chi connectivity index (χ1) is 9.31. The molecule has 2 amide bonds. The van der Waals surface area contributed by atoms with E-state index in [1.807, 2.05) is 12.2 Å². The second-order valence-electron chi connectivity index (χ2n) is 4.79. The predicted octanol–water partition coefficient (Wildman–Crippen LogP) is 2.78. The zero-order valence-electron chi connectivity index (χ0n) is 11.3. The van der Waals surface area contributed by atoms with Crippen LogP contribution in [0.25, 0.3) is 0 Å². The van der Waals surface area contributed by atoms with E-state index in [0.29, 0.717) is 25.0 Å². The zero-order valence-corrected chi connectivity index (χ0v) is 11.3. The average Bonchev–Trinajstić information content (AvgIpc) is 2.34. The van der Waals surface area contributed by atoms with Gasteiger partial charge in [0.2, 0.25) is 0 Å². The summed E-state index contributed by atoms with van der Waals surface area (Å²) < 4.78 is 39.5. The fraction of sp³-hybridized carbons (Fsp3) is 0.462. The van der Waals surface area contributed by atoms with Crippen molar-refractivity contribution in [2.45, 2.75) is 32.2 Å². The summed E-state index contributed by atoms with van der Waals surface area (Å²) in [6.07, 6.45) is 1.20. The maximum absolute atomic E-state index is 13.4. The van der Waals surface area contributed by atoms with Crippen molar-refractivity contribution in [3.05, 3.63) is 29.6 Å². The summed E-state index contributed by atoms with van der Waals surface area (Å²) >= 11 is 0. The molecule has 0 heterocycles. The number of hydrogen-bond acceptors (Lipinski definition) is 2. The molecule has 0 aromatic heterocycles. The van der Waals surface area contributed by atoms with Crippen LogP contribution in [0.15, 0.2) is 12.1 Å². The second-order valence-corrected chi connectivity index (χ2v) is 4.79.